The Morgan fingerprint density at radius 1 is 1.06 bits per heavy atom. The van der Waals surface area contributed by atoms with Crippen LogP contribution >= 0.6 is 0 Å². The third-order valence-electron chi connectivity index (χ3n) is 6.46. The van der Waals surface area contributed by atoms with E-state index in [2.05, 4.69) is 0 Å². The number of esters is 1. The van der Waals surface area contributed by atoms with Gasteiger partial charge in [0, 0.05) is 17.9 Å². The average molecular weight is 503 g/mol. The zero-order valence-electron chi connectivity index (χ0n) is 20.4. The molecule has 0 saturated heterocycles. The molecular weight excluding hydrogens is 473 g/mol. The normalized spacial score (nSPS) is 20.1. The van der Waals surface area contributed by atoms with E-state index in [9.17, 15) is 22.8 Å². The summed E-state index contributed by atoms with van der Waals surface area (Å²) in [6, 6.07) is 13.9. The van der Waals surface area contributed by atoms with Gasteiger partial charge >= 0.3 is 17.8 Å². The molecule has 1 aliphatic carbocycles. The molecule has 1 fully saturated rings. The summed E-state index contributed by atoms with van der Waals surface area (Å²) in [6.45, 7) is 5.59. The van der Waals surface area contributed by atoms with Crippen molar-refractivity contribution in [3.63, 3.8) is 0 Å². The number of carbonyl (C=O) groups is 1. The second-order valence-corrected chi connectivity index (χ2v) is 9.59. The summed E-state index contributed by atoms with van der Waals surface area (Å²) in [4.78, 5) is 24.8. The molecule has 0 N–H and O–H groups in total. The molecule has 1 aromatic heterocycles. The van der Waals surface area contributed by atoms with Crippen LogP contribution in [-0.4, -0.2) is 24.4 Å². The molecule has 0 aliphatic heterocycles. The van der Waals surface area contributed by atoms with Gasteiger partial charge in [-0.15, -0.1) is 0 Å². The second kappa shape index (κ2) is 10.4. The number of alkyl halides is 3. The van der Waals surface area contributed by atoms with Gasteiger partial charge in [-0.1, -0.05) is 45.0 Å². The molecule has 3 aromatic rings. The van der Waals surface area contributed by atoms with Gasteiger partial charge in [0.2, 0.25) is 0 Å². The maximum Gasteiger partial charge on any atom is 0.398 e. The Balaban J connectivity index is 1.58. The van der Waals surface area contributed by atoms with Gasteiger partial charge in [-0.3, -0.25) is 4.79 Å². The number of rotatable bonds is 7. The number of benzene rings is 2. The van der Waals surface area contributed by atoms with Crippen molar-refractivity contribution in [2.75, 3.05) is 0 Å². The SMILES string of the molecule is CCc1ccccc1-c1cc2ccc(OC3CCC(OC(=O)CC(C)C)C3C(F)(F)F)cc2oc1=O. The summed E-state index contributed by atoms with van der Waals surface area (Å²) in [5, 5.41) is 0.627. The first-order chi connectivity index (χ1) is 17.1. The maximum atomic E-state index is 13.9. The van der Waals surface area contributed by atoms with Gasteiger partial charge in [0.15, 0.2) is 0 Å². The number of fused-ring (bicyclic) bond motifs is 1. The van der Waals surface area contributed by atoms with Crippen molar-refractivity contribution >= 4 is 16.9 Å². The Labute approximate surface area is 207 Å². The van der Waals surface area contributed by atoms with E-state index in [1.165, 1.54) is 6.07 Å². The molecule has 192 valence electrons. The molecule has 8 heteroatoms. The molecule has 5 nitrogen and oxygen atoms in total. The van der Waals surface area contributed by atoms with Crippen LogP contribution in [0, 0.1) is 11.8 Å². The predicted molar refractivity (Wildman–Crippen MR) is 130 cm³/mol. The Morgan fingerprint density at radius 2 is 1.78 bits per heavy atom. The summed E-state index contributed by atoms with van der Waals surface area (Å²) in [7, 11) is 0. The van der Waals surface area contributed by atoms with Gasteiger partial charge in [0.05, 0.1) is 5.56 Å². The third kappa shape index (κ3) is 5.58. The maximum absolute atomic E-state index is 13.9. The van der Waals surface area contributed by atoms with Crippen LogP contribution < -0.4 is 10.4 Å². The van der Waals surface area contributed by atoms with E-state index in [-0.39, 0.29) is 36.5 Å². The van der Waals surface area contributed by atoms with Crippen LogP contribution in [0.2, 0.25) is 0 Å². The summed E-state index contributed by atoms with van der Waals surface area (Å²) < 4.78 is 58.2. The van der Waals surface area contributed by atoms with Crippen molar-refractivity contribution in [2.45, 2.75) is 64.8 Å². The second-order valence-electron chi connectivity index (χ2n) is 9.59. The number of halogens is 3. The number of aryl methyl sites for hydroxylation is 1. The lowest BCUT2D eigenvalue weighted by atomic mass is 9.98. The molecule has 0 amide bonds. The van der Waals surface area contributed by atoms with Crippen molar-refractivity contribution < 1.29 is 31.9 Å². The van der Waals surface area contributed by atoms with Gasteiger partial charge in [0.25, 0.3) is 0 Å². The molecule has 3 atom stereocenters. The van der Waals surface area contributed by atoms with Crippen LogP contribution in [0.5, 0.6) is 5.75 Å². The molecular formula is C28H29F3O5. The van der Waals surface area contributed by atoms with Crippen molar-refractivity contribution in [3.8, 4) is 16.9 Å². The van der Waals surface area contributed by atoms with Gasteiger partial charge in [-0.2, -0.15) is 13.2 Å². The molecule has 1 heterocycles. The molecule has 0 bridgehead atoms. The topological polar surface area (TPSA) is 65.7 Å². The Hall–Kier alpha value is -3.29. The first-order valence-electron chi connectivity index (χ1n) is 12.2. The van der Waals surface area contributed by atoms with E-state index in [0.29, 0.717) is 10.9 Å². The lowest BCUT2D eigenvalue weighted by Gasteiger charge is -2.27. The van der Waals surface area contributed by atoms with Crippen LogP contribution in [0.25, 0.3) is 22.1 Å². The van der Waals surface area contributed by atoms with Crippen LogP contribution in [0.15, 0.2) is 57.7 Å². The zero-order chi connectivity index (χ0) is 26.0. The smallest absolute Gasteiger partial charge is 0.398 e. The highest BCUT2D eigenvalue weighted by Gasteiger charge is 2.55. The Kier molecular flexibility index (Phi) is 7.43. The fourth-order valence-corrected chi connectivity index (χ4v) is 4.78. The largest absolute Gasteiger partial charge is 0.489 e. The van der Waals surface area contributed by atoms with Crippen molar-refractivity contribution in [2.24, 2.45) is 11.8 Å². The number of ether oxygens (including phenoxy) is 2. The predicted octanol–water partition coefficient (Wildman–Crippen LogP) is 6.70. The van der Waals surface area contributed by atoms with Gasteiger partial charge in [-0.05, 0) is 54.5 Å². The highest BCUT2D eigenvalue weighted by atomic mass is 19.4. The number of hydrogen-bond acceptors (Lipinski definition) is 5. The standard InChI is InChI=1S/C28H29F3O5/c1-4-17-7-5-6-8-20(17)21-14-18-9-10-19(15-24(18)36-27(21)33)34-22-11-12-23(26(22)28(29,30)31)35-25(32)13-16(2)3/h5-10,14-16,22-23,26H,4,11-13H2,1-3H3. The molecule has 4 rings (SSSR count). The minimum atomic E-state index is -4.60. The van der Waals surface area contributed by atoms with Gasteiger partial charge in [0.1, 0.15) is 29.5 Å². The fourth-order valence-electron chi connectivity index (χ4n) is 4.78. The summed E-state index contributed by atoms with van der Waals surface area (Å²) in [5.74, 6) is -2.44. The highest BCUT2D eigenvalue weighted by molar-refractivity contribution is 5.83. The molecule has 3 unspecified atom stereocenters. The van der Waals surface area contributed by atoms with Crippen molar-refractivity contribution in [3.05, 3.63) is 64.5 Å². The summed E-state index contributed by atoms with van der Waals surface area (Å²) in [5.41, 5.74) is 1.90. The highest BCUT2D eigenvalue weighted by Crippen LogP contribution is 2.43. The van der Waals surface area contributed by atoms with Crippen LogP contribution in [0.3, 0.4) is 0 Å². The molecule has 0 radical (unpaired) electrons. The van der Waals surface area contributed by atoms with E-state index < -0.39 is 35.9 Å². The van der Waals surface area contributed by atoms with E-state index in [1.807, 2.05) is 31.2 Å². The van der Waals surface area contributed by atoms with E-state index in [4.69, 9.17) is 13.9 Å². The van der Waals surface area contributed by atoms with E-state index in [1.54, 1.807) is 32.0 Å². The monoisotopic (exact) mass is 502 g/mol. The lowest BCUT2D eigenvalue weighted by molar-refractivity contribution is -0.216. The molecule has 2 aromatic carbocycles. The number of hydrogen-bond donors (Lipinski definition) is 0. The minimum absolute atomic E-state index is 0.0153. The third-order valence-corrected chi connectivity index (χ3v) is 6.46. The zero-order valence-corrected chi connectivity index (χ0v) is 20.4. The Morgan fingerprint density at radius 3 is 2.47 bits per heavy atom. The summed E-state index contributed by atoms with van der Waals surface area (Å²) >= 11 is 0. The van der Waals surface area contributed by atoms with Gasteiger partial charge < -0.3 is 13.9 Å². The van der Waals surface area contributed by atoms with Crippen LogP contribution in [0.4, 0.5) is 13.2 Å². The lowest BCUT2D eigenvalue weighted by Crippen LogP contribution is -2.41. The first-order valence-corrected chi connectivity index (χ1v) is 12.2. The van der Waals surface area contributed by atoms with Crippen molar-refractivity contribution in [1.29, 1.82) is 0 Å². The minimum Gasteiger partial charge on any atom is -0.489 e. The molecule has 36 heavy (non-hydrogen) atoms. The molecule has 1 saturated carbocycles. The fraction of sp³-hybridized carbons (Fsp3) is 0.429. The van der Waals surface area contributed by atoms with E-state index in [0.717, 1.165) is 17.5 Å². The quantitative estimate of drug-likeness (QED) is 0.266. The van der Waals surface area contributed by atoms with E-state index >= 15 is 0 Å². The van der Waals surface area contributed by atoms with Crippen molar-refractivity contribution in [1.82, 2.24) is 0 Å². The molecule has 1 aliphatic rings. The first kappa shape index (κ1) is 25.8. The Bertz CT molecular complexity index is 1290. The number of carbonyl (C=O) groups excluding carboxylic acids is 1. The van der Waals surface area contributed by atoms with Gasteiger partial charge in [-0.25, -0.2) is 4.79 Å². The van der Waals surface area contributed by atoms with Crippen LogP contribution in [0.1, 0.15) is 45.6 Å². The van der Waals surface area contributed by atoms with Crippen LogP contribution in [-0.2, 0) is 16.0 Å². The average Bonchev–Trinajstić information content (AvgIpc) is 3.20. The molecule has 0 spiro atoms. The summed E-state index contributed by atoms with van der Waals surface area (Å²) in [6.07, 6.45) is -6.17.